The van der Waals surface area contributed by atoms with Crippen LogP contribution < -0.4 is 4.90 Å². The van der Waals surface area contributed by atoms with E-state index in [4.69, 9.17) is 5.11 Å². The zero-order valence-corrected chi connectivity index (χ0v) is 16.3. The van der Waals surface area contributed by atoms with Crippen molar-refractivity contribution < 1.29 is 23.4 Å². The Morgan fingerprint density at radius 3 is 2.24 bits per heavy atom. The highest BCUT2D eigenvalue weighted by atomic mass is 32.2. The fourth-order valence-corrected chi connectivity index (χ4v) is 5.17. The second-order valence-electron chi connectivity index (χ2n) is 6.94. The molecule has 3 aromatic rings. The number of carboxylic acids is 1. The maximum absolute atomic E-state index is 12.9. The van der Waals surface area contributed by atoms with Crippen LogP contribution in [0.4, 0.5) is 5.69 Å². The highest BCUT2D eigenvalue weighted by Gasteiger charge is 2.39. The summed E-state index contributed by atoms with van der Waals surface area (Å²) in [5.74, 6) is -1.04. The Morgan fingerprint density at radius 1 is 1.00 bits per heavy atom. The fourth-order valence-electron chi connectivity index (χ4n) is 3.52. The Morgan fingerprint density at radius 2 is 1.66 bits per heavy atom. The SMILES string of the molecule is O=C(O)c1cccc(N2CC(S(=O)(=O)c3ccc(CO)cc3)C2)c1-n1cccc1. The molecule has 150 valence electrons. The van der Waals surface area contributed by atoms with Gasteiger partial charge in [-0.3, -0.25) is 0 Å². The van der Waals surface area contributed by atoms with E-state index >= 15 is 0 Å². The van der Waals surface area contributed by atoms with Gasteiger partial charge in [0.1, 0.15) is 5.25 Å². The molecule has 1 aliphatic heterocycles. The lowest BCUT2D eigenvalue weighted by molar-refractivity contribution is 0.0697. The Kier molecular flexibility index (Phi) is 4.89. The van der Waals surface area contributed by atoms with E-state index in [0.717, 1.165) is 0 Å². The first-order valence-corrected chi connectivity index (χ1v) is 10.6. The number of aromatic nitrogens is 1. The first kappa shape index (κ1) is 19.2. The molecule has 0 radical (unpaired) electrons. The Bertz CT molecular complexity index is 1130. The van der Waals surface area contributed by atoms with E-state index in [1.807, 2.05) is 17.0 Å². The number of carboxylic acid groups (broad SMARTS) is 1. The van der Waals surface area contributed by atoms with E-state index in [9.17, 15) is 18.3 Å². The van der Waals surface area contributed by atoms with Crippen LogP contribution >= 0.6 is 0 Å². The van der Waals surface area contributed by atoms with Crippen LogP contribution in [0.25, 0.3) is 5.69 Å². The van der Waals surface area contributed by atoms with Crippen molar-refractivity contribution >= 4 is 21.5 Å². The lowest BCUT2D eigenvalue weighted by atomic mass is 10.1. The number of nitrogens with zero attached hydrogens (tertiary/aromatic N) is 2. The molecule has 2 heterocycles. The smallest absolute Gasteiger partial charge is 0.337 e. The van der Waals surface area contributed by atoms with Gasteiger partial charge >= 0.3 is 5.97 Å². The number of anilines is 1. The molecule has 0 aliphatic carbocycles. The number of hydrogen-bond acceptors (Lipinski definition) is 5. The number of hydrogen-bond donors (Lipinski definition) is 2. The third-order valence-corrected chi connectivity index (χ3v) is 7.27. The van der Waals surface area contributed by atoms with Crippen molar-refractivity contribution in [2.75, 3.05) is 18.0 Å². The van der Waals surface area contributed by atoms with Gasteiger partial charge < -0.3 is 19.7 Å². The van der Waals surface area contributed by atoms with E-state index in [0.29, 0.717) is 16.9 Å². The molecule has 0 atom stereocenters. The highest BCUT2D eigenvalue weighted by molar-refractivity contribution is 7.92. The van der Waals surface area contributed by atoms with Gasteiger partial charge in [-0.1, -0.05) is 18.2 Å². The summed E-state index contributed by atoms with van der Waals surface area (Å²) in [6.45, 7) is 0.419. The van der Waals surface area contributed by atoms with E-state index in [1.54, 1.807) is 41.2 Å². The molecule has 8 heteroatoms. The summed E-state index contributed by atoms with van der Waals surface area (Å²) in [6.07, 6.45) is 3.53. The molecule has 0 unspecified atom stereocenters. The fraction of sp³-hybridized carbons (Fsp3) is 0.190. The maximum Gasteiger partial charge on any atom is 0.337 e. The molecule has 1 aromatic heterocycles. The number of carbonyl (C=O) groups is 1. The van der Waals surface area contributed by atoms with E-state index in [1.165, 1.54) is 18.2 Å². The normalized spacial score (nSPS) is 14.6. The van der Waals surface area contributed by atoms with E-state index < -0.39 is 21.1 Å². The Hall–Kier alpha value is -3.10. The average Bonchev–Trinajstić information content (AvgIpc) is 3.21. The second kappa shape index (κ2) is 7.38. The number of aliphatic hydroxyl groups excluding tert-OH is 1. The van der Waals surface area contributed by atoms with Crippen molar-refractivity contribution in [2.24, 2.45) is 0 Å². The van der Waals surface area contributed by atoms with Gasteiger partial charge in [0, 0.05) is 25.5 Å². The van der Waals surface area contributed by atoms with Gasteiger partial charge in [-0.05, 0) is 42.0 Å². The van der Waals surface area contributed by atoms with Gasteiger partial charge in [0.05, 0.1) is 28.4 Å². The monoisotopic (exact) mass is 412 g/mol. The number of aromatic carboxylic acids is 1. The van der Waals surface area contributed by atoms with Crippen LogP contribution in [0.1, 0.15) is 15.9 Å². The molecule has 29 heavy (non-hydrogen) atoms. The number of para-hydroxylation sites is 1. The van der Waals surface area contributed by atoms with Crippen molar-refractivity contribution in [3.05, 3.63) is 78.1 Å². The van der Waals surface area contributed by atoms with Crippen LogP contribution in [-0.4, -0.2) is 47.5 Å². The summed E-state index contributed by atoms with van der Waals surface area (Å²) in [6, 6.07) is 14.9. The number of rotatable bonds is 6. The van der Waals surface area contributed by atoms with Crippen LogP contribution in [0.15, 0.2) is 71.9 Å². The number of aliphatic hydroxyl groups is 1. The Balaban J connectivity index is 1.61. The van der Waals surface area contributed by atoms with Crippen molar-refractivity contribution in [3.63, 3.8) is 0 Å². The standard InChI is InChI=1S/C21H20N2O5S/c24-14-15-6-8-16(9-7-15)29(27,28)17-12-23(13-17)19-5-3-4-18(21(25)26)20(19)22-10-1-2-11-22/h1-11,17,24H,12-14H2,(H,25,26). The predicted molar refractivity (Wildman–Crippen MR) is 108 cm³/mol. The number of sulfone groups is 1. The topological polar surface area (TPSA) is 99.8 Å². The molecule has 4 rings (SSSR count). The summed E-state index contributed by atoms with van der Waals surface area (Å²) >= 11 is 0. The summed E-state index contributed by atoms with van der Waals surface area (Å²) in [5.41, 5.74) is 2.02. The highest BCUT2D eigenvalue weighted by Crippen LogP contribution is 2.34. The minimum absolute atomic E-state index is 0.139. The van der Waals surface area contributed by atoms with Gasteiger partial charge in [0.2, 0.25) is 0 Å². The van der Waals surface area contributed by atoms with Crippen molar-refractivity contribution in [3.8, 4) is 5.69 Å². The molecule has 1 aliphatic rings. The molecule has 2 N–H and O–H groups in total. The van der Waals surface area contributed by atoms with Gasteiger partial charge in [-0.15, -0.1) is 0 Å². The van der Waals surface area contributed by atoms with Crippen LogP contribution in [0.5, 0.6) is 0 Å². The molecule has 7 nitrogen and oxygen atoms in total. The maximum atomic E-state index is 12.9. The average molecular weight is 412 g/mol. The number of benzene rings is 2. The van der Waals surface area contributed by atoms with Crippen molar-refractivity contribution in [1.82, 2.24) is 4.57 Å². The summed E-state index contributed by atoms with van der Waals surface area (Å²) in [4.78, 5) is 13.8. The predicted octanol–water partition coefficient (Wildman–Crippen LogP) is 2.33. The molecular formula is C21H20N2O5S. The first-order chi connectivity index (χ1) is 13.9. The third-order valence-electron chi connectivity index (χ3n) is 5.17. The molecule has 2 aromatic carbocycles. The van der Waals surface area contributed by atoms with Crippen LogP contribution in [0.3, 0.4) is 0 Å². The zero-order valence-electron chi connectivity index (χ0n) is 15.5. The van der Waals surface area contributed by atoms with E-state index in [2.05, 4.69) is 0 Å². The van der Waals surface area contributed by atoms with Crippen molar-refractivity contribution in [2.45, 2.75) is 16.8 Å². The van der Waals surface area contributed by atoms with Crippen molar-refractivity contribution in [1.29, 1.82) is 0 Å². The van der Waals surface area contributed by atoms with Crippen LogP contribution in [-0.2, 0) is 16.4 Å². The van der Waals surface area contributed by atoms with Gasteiger partial charge in [0.15, 0.2) is 9.84 Å². The second-order valence-corrected chi connectivity index (χ2v) is 9.17. The quantitative estimate of drug-likeness (QED) is 0.645. The zero-order chi connectivity index (χ0) is 20.6. The van der Waals surface area contributed by atoms with Crippen LogP contribution in [0, 0.1) is 0 Å². The van der Waals surface area contributed by atoms with Gasteiger partial charge in [0.25, 0.3) is 0 Å². The molecule has 0 spiro atoms. The third kappa shape index (κ3) is 3.41. The van der Waals surface area contributed by atoms with E-state index in [-0.39, 0.29) is 30.2 Å². The summed E-state index contributed by atoms with van der Waals surface area (Å²) in [7, 11) is -3.51. The lowest BCUT2D eigenvalue weighted by Crippen LogP contribution is -2.55. The summed E-state index contributed by atoms with van der Waals surface area (Å²) in [5, 5.41) is 18.1. The minimum Gasteiger partial charge on any atom is -0.478 e. The molecule has 1 fully saturated rings. The molecule has 0 saturated carbocycles. The first-order valence-electron chi connectivity index (χ1n) is 9.10. The molecule has 0 amide bonds. The molecule has 0 bridgehead atoms. The van der Waals surface area contributed by atoms with Gasteiger partial charge in [-0.25, -0.2) is 13.2 Å². The Labute approximate surface area is 168 Å². The van der Waals surface area contributed by atoms with Gasteiger partial charge in [-0.2, -0.15) is 0 Å². The summed E-state index contributed by atoms with van der Waals surface area (Å²) < 4.78 is 27.5. The minimum atomic E-state index is -3.51. The molecular weight excluding hydrogens is 392 g/mol. The lowest BCUT2D eigenvalue weighted by Gasteiger charge is -2.41. The van der Waals surface area contributed by atoms with Crippen LogP contribution in [0.2, 0.25) is 0 Å². The largest absolute Gasteiger partial charge is 0.478 e. The molecule has 1 saturated heterocycles.